The normalized spacial score (nSPS) is 14.0. The summed E-state index contributed by atoms with van der Waals surface area (Å²) in [5.74, 6) is 0.367. The summed E-state index contributed by atoms with van der Waals surface area (Å²) in [4.78, 5) is 26.2. The van der Waals surface area contributed by atoms with Gasteiger partial charge in [-0.2, -0.15) is 5.10 Å². The Labute approximate surface area is 197 Å². The number of rotatable bonds is 9. The SMILES string of the molecule is COc1cccc(-c2cc(C(=O)NCCCN3CCOCC3)n(-c3cccc([N+](=O)[O-])c3)n2)c1. The minimum atomic E-state index is -0.471. The lowest BCUT2D eigenvalue weighted by molar-refractivity contribution is -0.384. The van der Waals surface area contributed by atoms with Gasteiger partial charge in [-0.1, -0.05) is 18.2 Å². The van der Waals surface area contributed by atoms with Crippen LogP contribution in [0.1, 0.15) is 16.9 Å². The summed E-state index contributed by atoms with van der Waals surface area (Å²) in [6.45, 7) is 4.66. The highest BCUT2D eigenvalue weighted by Gasteiger charge is 2.19. The fraction of sp³-hybridized carbons (Fsp3) is 0.333. The molecule has 1 N–H and O–H groups in total. The van der Waals surface area contributed by atoms with Crippen LogP contribution in [-0.4, -0.2) is 72.0 Å². The van der Waals surface area contributed by atoms with Crippen molar-refractivity contribution in [3.05, 3.63) is 70.4 Å². The molecule has 0 unspecified atom stereocenters. The zero-order chi connectivity index (χ0) is 23.9. The first-order chi connectivity index (χ1) is 16.5. The van der Waals surface area contributed by atoms with Crippen LogP contribution in [0.15, 0.2) is 54.6 Å². The summed E-state index contributed by atoms with van der Waals surface area (Å²) >= 11 is 0. The first-order valence-electron chi connectivity index (χ1n) is 11.1. The Balaban J connectivity index is 1.57. The average molecular weight is 466 g/mol. The first kappa shape index (κ1) is 23.4. The van der Waals surface area contributed by atoms with Crippen LogP contribution >= 0.6 is 0 Å². The van der Waals surface area contributed by atoms with Crippen molar-refractivity contribution in [3.63, 3.8) is 0 Å². The number of carbonyl (C=O) groups excluding carboxylic acids is 1. The number of methoxy groups -OCH3 is 1. The van der Waals surface area contributed by atoms with Gasteiger partial charge in [0.05, 0.1) is 36.6 Å². The molecular formula is C24H27N5O5. The molecule has 1 saturated heterocycles. The Hall–Kier alpha value is -3.76. The molecule has 2 aromatic carbocycles. The van der Waals surface area contributed by atoms with Crippen LogP contribution in [0.4, 0.5) is 5.69 Å². The van der Waals surface area contributed by atoms with Gasteiger partial charge in [-0.15, -0.1) is 0 Å². The molecule has 178 valence electrons. The fourth-order valence-electron chi connectivity index (χ4n) is 3.82. The van der Waals surface area contributed by atoms with Gasteiger partial charge in [0.25, 0.3) is 11.6 Å². The average Bonchev–Trinajstić information content (AvgIpc) is 3.33. The zero-order valence-electron chi connectivity index (χ0n) is 19.0. The first-order valence-corrected chi connectivity index (χ1v) is 11.1. The van der Waals surface area contributed by atoms with Crippen LogP contribution in [0.3, 0.4) is 0 Å². The van der Waals surface area contributed by atoms with E-state index in [9.17, 15) is 14.9 Å². The maximum Gasteiger partial charge on any atom is 0.271 e. The molecule has 0 aliphatic carbocycles. The van der Waals surface area contributed by atoms with Gasteiger partial charge in [0, 0.05) is 37.3 Å². The maximum atomic E-state index is 13.1. The van der Waals surface area contributed by atoms with Gasteiger partial charge >= 0.3 is 0 Å². The third kappa shape index (κ3) is 5.59. The monoisotopic (exact) mass is 465 g/mol. The van der Waals surface area contributed by atoms with E-state index in [1.807, 2.05) is 24.3 Å². The van der Waals surface area contributed by atoms with Crippen LogP contribution in [0.2, 0.25) is 0 Å². The molecule has 0 spiro atoms. The standard InChI is InChI=1S/C24H27N5O5/c1-33-21-8-2-5-18(15-21)22-17-23(24(30)25-9-4-10-27-11-13-34-14-12-27)28(26-22)19-6-3-7-20(16-19)29(31)32/h2-3,5-8,15-17H,4,9-14H2,1H3,(H,25,30). The predicted molar refractivity (Wildman–Crippen MR) is 126 cm³/mol. The summed E-state index contributed by atoms with van der Waals surface area (Å²) in [7, 11) is 1.58. The van der Waals surface area contributed by atoms with Crippen molar-refractivity contribution >= 4 is 11.6 Å². The molecule has 1 aromatic heterocycles. The molecule has 1 amide bonds. The molecule has 1 aliphatic heterocycles. The number of non-ortho nitro benzene ring substituents is 1. The smallest absolute Gasteiger partial charge is 0.271 e. The van der Waals surface area contributed by atoms with Crippen LogP contribution < -0.4 is 10.1 Å². The lowest BCUT2D eigenvalue weighted by Crippen LogP contribution is -2.38. The van der Waals surface area contributed by atoms with Crippen LogP contribution in [0.25, 0.3) is 16.9 Å². The summed E-state index contributed by atoms with van der Waals surface area (Å²) in [6, 6.07) is 15.1. The van der Waals surface area contributed by atoms with E-state index < -0.39 is 4.92 Å². The molecule has 34 heavy (non-hydrogen) atoms. The minimum absolute atomic E-state index is 0.0761. The Bertz CT molecular complexity index is 1160. The number of ether oxygens (including phenoxy) is 2. The number of hydrogen-bond acceptors (Lipinski definition) is 7. The summed E-state index contributed by atoms with van der Waals surface area (Å²) in [5.41, 5.74) is 1.98. The lowest BCUT2D eigenvalue weighted by Gasteiger charge is -2.26. The quantitative estimate of drug-likeness (QED) is 0.294. The second-order valence-corrected chi connectivity index (χ2v) is 7.90. The molecule has 10 nitrogen and oxygen atoms in total. The van der Waals surface area contributed by atoms with Crippen LogP contribution in [-0.2, 0) is 4.74 Å². The third-order valence-electron chi connectivity index (χ3n) is 5.63. The number of hydrogen-bond donors (Lipinski definition) is 1. The number of amides is 1. The van der Waals surface area contributed by atoms with E-state index in [4.69, 9.17) is 9.47 Å². The summed E-state index contributed by atoms with van der Waals surface area (Å²) in [6.07, 6.45) is 0.805. The van der Waals surface area contributed by atoms with Crippen molar-refractivity contribution in [1.29, 1.82) is 0 Å². The van der Waals surface area contributed by atoms with Gasteiger partial charge < -0.3 is 14.8 Å². The second-order valence-electron chi connectivity index (χ2n) is 7.90. The third-order valence-corrected chi connectivity index (χ3v) is 5.63. The number of nitro groups is 1. The molecule has 4 rings (SSSR count). The molecule has 2 heterocycles. The zero-order valence-corrected chi connectivity index (χ0v) is 19.0. The van der Waals surface area contributed by atoms with Gasteiger partial charge in [0.15, 0.2) is 0 Å². The largest absolute Gasteiger partial charge is 0.497 e. The number of aromatic nitrogens is 2. The van der Waals surface area contributed by atoms with Gasteiger partial charge in [-0.25, -0.2) is 4.68 Å². The van der Waals surface area contributed by atoms with E-state index in [0.29, 0.717) is 29.4 Å². The van der Waals surface area contributed by atoms with Crippen LogP contribution in [0.5, 0.6) is 5.75 Å². The molecule has 1 aliphatic rings. The number of nitro benzene ring substituents is 1. The van der Waals surface area contributed by atoms with Crippen molar-refractivity contribution in [2.24, 2.45) is 0 Å². The van der Waals surface area contributed by atoms with Crippen molar-refractivity contribution in [2.45, 2.75) is 6.42 Å². The van der Waals surface area contributed by atoms with Crippen molar-refractivity contribution in [1.82, 2.24) is 20.0 Å². The van der Waals surface area contributed by atoms with E-state index >= 15 is 0 Å². The highest BCUT2D eigenvalue weighted by molar-refractivity contribution is 5.94. The van der Waals surface area contributed by atoms with E-state index in [2.05, 4.69) is 15.3 Å². The molecule has 0 radical (unpaired) electrons. The highest BCUT2D eigenvalue weighted by Crippen LogP contribution is 2.26. The number of morpholine rings is 1. The maximum absolute atomic E-state index is 13.1. The van der Waals surface area contributed by atoms with Crippen molar-refractivity contribution < 1.29 is 19.2 Å². The molecule has 3 aromatic rings. The Morgan fingerprint density at radius 1 is 1.18 bits per heavy atom. The predicted octanol–water partition coefficient (Wildman–Crippen LogP) is 2.91. The van der Waals surface area contributed by atoms with Gasteiger partial charge in [-0.05, 0) is 37.2 Å². The van der Waals surface area contributed by atoms with E-state index in [-0.39, 0.29) is 11.6 Å². The Morgan fingerprint density at radius 3 is 2.74 bits per heavy atom. The Morgan fingerprint density at radius 2 is 1.97 bits per heavy atom. The molecule has 0 bridgehead atoms. The minimum Gasteiger partial charge on any atom is -0.497 e. The topological polar surface area (TPSA) is 112 Å². The Kier molecular flexibility index (Phi) is 7.51. The number of nitrogens with zero attached hydrogens (tertiary/aromatic N) is 4. The summed E-state index contributed by atoms with van der Waals surface area (Å²) in [5, 5.41) is 18.8. The highest BCUT2D eigenvalue weighted by atomic mass is 16.6. The van der Waals surface area contributed by atoms with Gasteiger partial charge in [0.2, 0.25) is 0 Å². The van der Waals surface area contributed by atoms with Crippen molar-refractivity contribution in [2.75, 3.05) is 46.5 Å². The van der Waals surface area contributed by atoms with Crippen LogP contribution in [0, 0.1) is 10.1 Å². The van der Waals surface area contributed by atoms with Gasteiger partial charge in [0.1, 0.15) is 11.4 Å². The van der Waals surface area contributed by atoms with E-state index in [0.717, 1.165) is 44.8 Å². The number of carbonyl (C=O) groups is 1. The fourth-order valence-corrected chi connectivity index (χ4v) is 3.82. The van der Waals surface area contributed by atoms with E-state index in [1.165, 1.54) is 16.8 Å². The van der Waals surface area contributed by atoms with Gasteiger partial charge in [-0.3, -0.25) is 19.8 Å². The molecule has 0 atom stereocenters. The molecule has 0 saturated carbocycles. The molecule has 1 fully saturated rings. The molecule has 10 heteroatoms. The van der Waals surface area contributed by atoms with Crippen molar-refractivity contribution in [3.8, 4) is 22.7 Å². The van der Waals surface area contributed by atoms with E-state index in [1.54, 1.807) is 25.3 Å². The number of benzene rings is 2. The lowest BCUT2D eigenvalue weighted by atomic mass is 10.1. The number of nitrogens with one attached hydrogen (secondary N) is 1. The summed E-state index contributed by atoms with van der Waals surface area (Å²) < 4.78 is 12.1. The molecular weight excluding hydrogens is 438 g/mol. The second kappa shape index (κ2) is 10.9.